The molecule has 1 aromatic carbocycles. The number of nitrogens with zero attached hydrogens (tertiary/aromatic N) is 3. The van der Waals surface area contributed by atoms with E-state index in [1.165, 1.54) is 12.1 Å². The molecule has 8 heteroatoms. The van der Waals surface area contributed by atoms with E-state index in [2.05, 4.69) is 10.4 Å². The predicted octanol–water partition coefficient (Wildman–Crippen LogP) is 3.25. The monoisotopic (exact) mass is 300 g/mol. The summed E-state index contributed by atoms with van der Waals surface area (Å²) in [6.45, 7) is 0.429. The third-order valence-electron chi connectivity index (χ3n) is 2.45. The molecule has 0 atom stereocenters. The van der Waals surface area contributed by atoms with E-state index in [1.54, 1.807) is 4.68 Å². The maximum absolute atomic E-state index is 10.7. The molecule has 19 heavy (non-hydrogen) atoms. The van der Waals surface area contributed by atoms with Crippen molar-refractivity contribution in [1.82, 2.24) is 9.78 Å². The predicted molar refractivity (Wildman–Crippen MR) is 73.7 cm³/mol. The minimum atomic E-state index is -0.541. The van der Waals surface area contributed by atoms with Crippen molar-refractivity contribution in [3.63, 3.8) is 0 Å². The lowest BCUT2D eigenvalue weighted by Crippen LogP contribution is -2.02. The first-order valence-electron chi connectivity index (χ1n) is 5.33. The highest BCUT2D eigenvalue weighted by Crippen LogP contribution is 2.34. The number of nitro groups is 1. The Morgan fingerprint density at radius 2 is 2.05 bits per heavy atom. The zero-order valence-corrected chi connectivity index (χ0v) is 11.4. The normalized spacial score (nSPS) is 10.5. The average Bonchev–Trinajstić information content (AvgIpc) is 2.73. The van der Waals surface area contributed by atoms with E-state index < -0.39 is 4.92 Å². The van der Waals surface area contributed by atoms with Gasteiger partial charge in [0.2, 0.25) is 0 Å². The van der Waals surface area contributed by atoms with Crippen molar-refractivity contribution < 1.29 is 4.92 Å². The number of halogens is 2. The van der Waals surface area contributed by atoms with Gasteiger partial charge in [0.25, 0.3) is 5.69 Å². The third-order valence-corrected chi connectivity index (χ3v) is 3.05. The Hall–Kier alpha value is -1.79. The Labute approximate surface area is 119 Å². The fourth-order valence-corrected chi connectivity index (χ4v) is 2.18. The molecular formula is C11H10Cl2N4O2. The number of rotatable bonds is 4. The lowest BCUT2D eigenvalue weighted by Gasteiger charge is -2.09. The molecule has 0 saturated heterocycles. The molecule has 0 radical (unpaired) electrons. The zero-order valence-electron chi connectivity index (χ0n) is 9.93. The van der Waals surface area contributed by atoms with Crippen molar-refractivity contribution in [3.8, 4) is 0 Å². The van der Waals surface area contributed by atoms with Crippen LogP contribution in [0.15, 0.2) is 24.4 Å². The summed E-state index contributed by atoms with van der Waals surface area (Å²) in [7, 11) is 1.81. The molecule has 2 aromatic rings. The third kappa shape index (κ3) is 3.15. The summed E-state index contributed by atoms with van der Waals surface area (Å²) in [5.74, 6) is 0. The zero-order chi connectivity index (χ0) is 14.0. The van der Waals surface area contributed by atoms with Crippen LogP contribution in [0.5, 0.6) is 0 Å². The summed E-state index contributed by atoms with van der Waals surface area (Å²) in [6.07, 6.45) is 1.82. The standard InChI is InChI=1S/C11H10Cl2N4O2/c1-16-3-2-7(15-16)6-14-11-9(12)4-8(17(18)19)5-10(11)13/h2-5,14H,6H2,1H3. The average molecular weight is 301 g/mol. The Kier molecular flexibility index (Phi) is 3.92. The van der Waals surface area contributed by atoms with E-state index in [0.717, 1.165) is 5.69 Å². The van der Waals surface area contributed by atoms with Crippen LogP contribution >= 0.6 is 23.2 Å². The summed E-state index contributed by atoms with van der Waals surface area (Å²) in [6, 6.07) is 4.36. The van der Waals surface area contributed by atoms with Gasteiger partial charge in [-0.25, -0.2) is 0 Å². The maximum Gasteiger partial charge on any atom is 0.272 e. The Bertz CT molecular complexity index is 604. The van der Waals surface area contributed by atoms with Crippen LogP contribution in [0.1, 0.15) is 5.69 Å². The SMILES string of the molecule is Cn1ccc(CNc2c(Cl)cc([N+](=O)[O-])cc2Cl)n1. The quantitative estimate of drug-likeness (QED) is 0.695. The van der Waals surface area contributed by atoms with Crippen molar-refractivity contribution in [2.45, 2.75) is 6.54 Å². The second-order valence-corrected chi connectivity index (χ2v) is 4.69. The largest absolute Gasteiger partial charge is 0.377 e. The number of hydrogen-bond donors (Lipinski definition) is 1. The minimum absolute atomic E-state index is 0.140. The molecule has 0 aliphatic carbocycles. The molecule has 1 N–H and O–H groups in total. The van der Waals surface area contributed by atoms with Crippen molar-refractivity contribution in [1.29, 1.82) is 0 Å². The number of aromatic nitrogens is 2. The number of anilines is 1. The van der Waals surface area contributed by atoms with Gasteiger partial charge < -0.3 is 5.32 Å². The molecule has 0 bridgehead atoms. The topological polar surface area (TPSA) is 73.0 Å². The lowest BCUT2D eigenvalue weighted by atomic mass is 10.2. The highest BCUT2D eigenvalue weighted by molar-refractivity contribution is 6.39. The fourth-order valence-electron chi connectivity index (χ4n) is 1.57. The Balaban J connectivity index is 2.18. The van der Waals surface area contributed by atoms with E-state index in [9.17, 15) is 10.1 Å². The van der Waals surface area contributed by atoms with Gasteiger partial charge in [0.05, 0.1) is 32.9 Å². The van der Waals surface area contributed by atoms with Crippen molar-refractivity contribution in [2.75, 3.05) is 5.32 Å². The number of aryl methyl sites for hydroxylation is 1. The molecule has 100 valence electrons. The molecule has 6 nitrogen and oxygen atoms in total. The van der Waals surface area contributed by atoms with Crippen LogP contribution < -0.4 is 5.32 Å². The molecule has 0 fully saturated rings. The minimum Gasteiger partial charge on any atom is -0.377 e. The number of nitro benzene ring substituents is 1. The van der Waals surface area contributed by atoms with Crippen LogP contribution in [0.25, 0.3) is 0 Å². The van der Waals surface area contributed by atoms with E-state index in [0.29, 0.717) is 12.2 Å². The second kappa shape index (κ2) is 5.46. The van der Waals surface area contributed by atoms with Gasteiger partial charge in [0.1, 0.15) is 0 Å². The van der Waals surface area contributed by atoms with Crippen LogP contribution in [0, 0.1) is 10.1 Å². The van der Waals surface area contributed by atoms with E-state index in [4.69, 9.17) is 23.2 Å². The van der Waals surface area contributed by atoms with Gasteiger partial charge in [-0.05, 0) is 6.07 Å². The highest BCUT2D eigenvalue weighted by Gasteiger charge is 2.14. The number of benzene rings is 1. The summed E-state index contributed by atoms with van der Waals surface area (Å²) in [5, 5.41) is 18.3. The first-order chi connectivity index (χ1) is 8.97. The van der Waals surface area contributed by atoms with E-state index in [-0.39, 0.29) is 15.7 Å². The van der Waals surface area contributed by atoms with Crippen LogP contribution in [-0.4, -0.2) is 14.7 Å². The van der Waals surface area contributed by atoms with Gasteiger partial charge in [-0.1, -0.05) is 23.2 Å². The van der Waals surface area contributed by atoms with Gasteiger partial charge in [-0.2, -0.15) is 5.10 Å². The van der Waals surface area contributed by atoms with Gasteiger partial charge in [0, 0.05) is 25.4 Å². The number of nitrogens with one attached hydrogen (secondary N) is 1. The van der Waals surface area contributed by atoms with Crippen LogP contribution in [0.4, 0.5) is 11.4 Å². The van der Waals surface area contributed by atoms with Crippen molar-refractivity contribution in [2.24, 2.45) is 7.05 Å². The van der Waals surface area contributed by atoms with Crippen LogP contribution in [0.3, 0.4) is 0 Å². The van der Waals surface area contributed by atoms with Gasteiger partial charge in [-0.15, -0.1) is 0 Å². The molecule has 0 unspecified atom stereocenters. The lowest BCUT2D eigenvalue weighted by molar-refractivity contribution is -0.384. The molecule has 2 rings (SSSR count). The van der Waals surface area contributed by atoms with Crippen molar-refractivity contribution >= 4 is 34.6 Å². The maximum atomic E-state index is 10.7. The van der Waals surface area contributed by atoms with Gasteiger partial charge in [-0.3, -0.25) is 14.8 Å². The molecule has 0 saturated carbocycles. The van der Waals surface area contributed by atoms with E-state index >= 15 is 0 Å². The van der Waals surface area contributed by atoms with Crippen LogP contribution in [0.2, 0.25) is 10.0 Å². The molecule has 0 amide bonds. The highest BCUT2D eigenvalue weighted by atomic mass is 35.5. The molecule has 0 spiro atoms. The van der Waals surface area contributed by atoms with Gasteiger partial charge in [0.15, 0.2) is 0 Å². The summed E-state index contributed by atoms with van der Waals surface area (Å²) >= 11 is 11.9. The van der Waals surface area contributed by atoms with Gasteiger partial charge >= 0.3 is 0 Å². The summed E-state index contributed by atoms with van der Waals surface area (Å²) in [5.41, 5.74) is 1.13. The molecule has 0 aliphatic rings. The molecular weight excluding hydrogens is 291 g/mol. The van der Waals surface area contributed by atoms with Crippen LogP contribution in [-0.2, 0) is 13.6 Å². The first kappa shape index (κ1) is 13.6. The Morgan fingerprint density at radius 1 is 1.42 bits per heavy atom. The molecule has 1 heterocycles. The van der Waals surface area contributed by atoms with E-state index in [1.807, 2.05) is 19.3 Å². The smallest absolute Gasteiger partial charge is 0.272 e. The number of hydrogen-bond acceptors (Lipinski definition) is 4. The second-order valence-electron chi connectivity index (χ2n) is 3.88. The summed E-state index contributed by atoms with van der Waals surface area (Å²) < 4.78 is 1.68. The molecule has 1 aromatic heterocycles. The Morgan fingerprint density at radius 3 is 2.53 bits per heavy atom. The molecule has 0 aliphatic heterocycles. The first-order valence-corrected chi connectivity index (χ1v) is 6.09. The summed E-state index contributed by atoms with van der Waals surface area (Å²) in [4.78, 5) is 10.1. The number of non-ortho nitro benzene ring substituents is 1. The fraction of sp³-hybridized carbons (Fsp3) is 0.182. The van der Waals surface area contributed by atoms with Crippen molar-refractivity contribution in [3.05, 3.63) is 50.2 Å².